The molecule has 4 heteroatoms. The van der Waals surface area contributed by atoms with Gasteiger partial charge in [-0.1, -0.05) is 54.1 Å². The highest BCUT2D eigenvalue weighted by molar-refractivity contribution is 6.30. The Hall–Kier alpha value is -1.84. The summed E-state index contributed by atoms with van der Waals surface area (Å²) in [6.45, 7) is 4.96. The smallest absolute Gasteiger partial charge is 0.219 e. The summed E-state index contributed by atoms with van der Waals surface area (Å²) in [6, 6.07) is 18.8. The number of hydrogen-bond acceptors (Lipinski definition) is 2. The number of benzene rings is 2. The number of rotatable bonds is 3. The van der Waals surface area contributed by atoms with E-state index >= 15 is 0 Å². The van der Waals surface area contributed by atoms with Gasteiger partial charge in [-0.2, -0.15) is 0 Å². The highest BCUT2D eigenvalue weighted by atomic mass is 35.5. The summed E-state index contributed by atoms with van der Waals surface area (Å²) in [5, 5.41) is 0.752. The summed E-state index contributed by atoms with van der Waals surface area (Å²) in [7, 11) is 0. The van der Waals surface area contributed by atoms with Crippen LogP contribution in [0.4, 0.5) is 0 Å². The second kappa shape index (κ2) is 7.16. The lowest BCUT2D eigenvalue weighted by atomic mass is 9.96. The Labute approximate surface area is 142 Å². The van der Waals surface area contributed by atoms with Crippen molar-refractivity contribution < 1.29 is 4.79 Å². The van der Waals surface area contributed by atoms with Crippen molar-refractivity contribution in [3.05, 3.63) is 70.7 Å². The average molecular weight is 329 g/mol. The van der Waals surface area contributed by atoms with Gasteiger partial charge in [-0.05, 0) is 23.3 Å². The molecule has 0 aromatic heterocycles. The first kappa shape index (κ1) is 16.0. The molecule has 0 aliphatic carbocycles. The fourth-order valence-corrected chi connectivity index (χ4v) is 3.32. The number of carbonyl (C=O) groups is 1. The quantitative estimate of drug-likeness (QED) is 0.859. The Bertz CT molecular complexity index is 649. The van der Waals surface area contributed by atoms with Crippen LogP contribution in [-0.2, 0) is 4.79 Å². The van der Waals surface area contributed by atoms with E-state index in [4.69, 9.17) is 11.6 Å². The molecule has 0 saturated carbocycles. The molecule has 3 nitrogen and oxygen atoms in total. The maximum atomic E-state index is 11.5. The van der Waals surface area contributed by atoms with Crippen LogP contribution in [0.15, 0.2) is 54.6 Å². The highest BCUT2D eigenvalue weighted by Gasteiger charge is 2.27. The fraction of sp³-hybridized carbons (Fsp3) is 0.316. The summed E-state index contributed by atoms with van der Waals surface area (Å²) in [5.41, 5.74) is 2.50. The normalized spacial score (nSPS) is 17.0. The maximum Gasteiger partial charge on any atom is 0.219 e. The third kappa shape index (κ3) is 3.74. The zero-order chi connectivity index (χ0) is 16.2. The first-order chi connectivity index (χ1) is 11.1. The van der Waals surface area contributed by atoms with Crippen LogP contribution in [0, 0.1) is 0 Å². The molecule has 120 valence electrons. The first-order valence-corrected chi connectivity index (χ1v) is 8.33. The minimum atomic E-state index is 0.160. The van der Waals surface area contributed by atoms with Crippen LogP contribution >= 0.6 is 11.6 Å². The molecule has 3 rings (SSSR count). The minimum absolute atomic E-state index is 0.160. The SMILES string of the molecule is CC(=O)N1CCN([C@H](c2ccccc2)c2ccc(Cl)cc2)CC1. The fourth-order valence-electron chi connectivity index (χ4n) is 3.19. The van der Waals surface area contributed by atoms with Gasteiger partial charge in [-0.15, -0.1) is 0 Å². The summed E-state index contributed by atoms with van der Waals surface area (Å²) in [6.07, 6.45) is 0. The molecule has 0 bridgehead atoms. The summed E-state index contributed by atoms with van der Waals surface area (Å²) < 4.78 is 0. The molecule has 23 heavy (non-hydrogen) atoms. The van der Waals surface area contributed by atoms with Crippen molar-refractivity contribution >= 4 is 17.5 Å². The molecule has 0 N–H and O–H groups in total. The molecule has 1 heterocycles. The summed E-state index contributed by atoms with van der Waals surface area (Å²) in [5.74, 6) is 0.160. The lowest BCUT2D eigenvalue weighted by molar-refractivity contribution is -0.130. The van der Waals surface area contributed by atoms with E-state index in [0.717, 1.165) is 31.2 Å². The molecular formula is C19H21ClN2O. The van der Waals surface area contributed by atoms with Crippen LogP contribution in [-0.4, -0.2) is 41.9 Å². The van der Waals surface area contributed by atoms with Crippen molar-refractivity contribution in [1.29, 1.82) is 0 Å². The number of piperazine rings is 1. The van der Waals surface area contributed by atoms with E-state index in [1.807, 2.05) is 23.1 Å². The minimum Gasteiger partial charge on any atom is -0.340 e. The van der Waals surface area contributed by atoms with Crippen LogP contribution in [0.25, 0.3) is 0 Å². The van der Waals surface area contributed by atoms with Crippen molar-refractivity contribution in [2.75, 3.05) is 26.2 Å². The van der Waals surface area contributed by atoms with Gasteiger partial charge >= 0.3 is 0 Å². The van der Waals surface area contributed by atoms with E-state index in [1.54, 1.807) is 6.92 Å². The standard InChI is InChI=1S/C19H21ClN2O/c1-15(23)21-11-13-22(14-12-21)19(16-5-3-2-4-6-16)17-7-9-18(20)10-8-17/h2-10,19H,11-14H2,1H3/t19-/m1/s1. The van der Waals surface area contributed by atoms with Gasteiger partial charge in [0.15, 0.2) is 0 Å². The van der Waals surface area contributed by atoms with Gasteiger partial charge in [0.2, 0.25) is 5.91 Å². The lowest BCUT2D eigenvalue weighted by Crippen LogP contribution is -2.49. The average Bonchev–Trinajstić information content (AvgIpc) is 2.58. The van der Waals surface area contributed by atoms with Crippen LogP contribution in [0.3, 0.4) is 0 Å². The van der Waals surface area contributed by atoms with Gasteiger partial charge in [0.05, 0.1) is 6.04 Å². The predicted molar refractivity (Wildman–Crippen MR) is 93.6 cm³/mol. The molecule has 0 radical (unpaired) electrons. The molecule has 1 aliphatic heterocycles. The van der Waals surface area contributed by atoms with Gasteiger partial charge in [-0.25, -0.2) is 0 Å². The van der Waals surface area contributed by atoms with Crippen LogP contribution in [0.1, 0.15) is 24.1 Å². The Balaban J connectivity index is 1.87. The molecule has 0 unspecified atom stereocenters. The van der Waals surface area contributed by atoms with Crippen molar-refractivity contribution in [3.63, 3.8) is 0 Å². The highest BCUT2D eigenvalue weighted by Crippen LogP contribution is 2.30. The third-order valence-electron chi connectivity index (χ3n) is 4.43. The van der Waals surface area contributed by atoms with Crippen molar-refractivity contribution in [2.24, 2.45) is 0 Å². The van der Waals surface area contributed by atoms with Gasteiger partial charge in [-0.3, -0.25) is 9.69 Å². The largest absolute Gasteiger partial charge is 0.340 e. The van der Waals surface area contributed by atoms with E-state index in [9.17, 15) is 4.79 Å². The van der Waals surface area contributed by atoms with Gasteiger partial charge in [0, 0.05) is 38.1 Å². The van der Waals surface area contributed by atoms with E-state index in [1.165, 1.54) is 11.1 Å². The van der Waals surface area contributed by atoms with Crippen molar-refractivity contribution in [1.82, 2.24) is 9.80 Å². The van der Waals surface area contributed by atoms with Crippen molar-refractivity contribution in [3.8, 4) is 0 Å². The monoisotopic (exact) mass is 328 g/mol. The Morgan fingerprint density at radius 3 is 2.04 bits per heavy atom. The van der Waals surface area contributed by atoms with Gasteiger partial charge in [0.25, 0.3) is 0 Å². The maximum absolute atomic E-state index is 11.5. The summed E-state index contributed by atoms with van der Waals surface area (Å²) in [4.78, 5) is 15.9. The van der Waals surface area contributed by atoms with E-state index in [0.29, 0.717) is 0 Å². The molecule has 0 spiro atoms. The number of halogens is 1. The Morgan fingerprint density at radius 2 is 1.48 bits per heavy atom. The van der Waals surface area contributed by atoms with Crippen LogP contribution in [0.5, 0.6) is 0 Å². The molecule has 1 saturated heterocycles. The van der Waals surface area contributed by atoms with Crippen LogP contribution < -0.4 is 0 Å². The first-order valence-electron chi connectivity index (χ1n) is 7.95. The predicted octanol–water partition coefficient (Wildman–Crippen LogP) is 3.59. The van der Waals surface area contributed by atoms with Crippen LogP contribution in [0.2, 0.25) is 5.02 Å². The molecular weight excluding hydrogens is 308 g/mol. The molecule has 1 aliphatic rings. The zero-order valence-corrected chi connectivity index (χ0v) is 14.0. The second-order valence-electron chi connectivity index (χ2n) is 5.91. The van der Waals surface area contributed by atoms with Gasteiger partial charge < -0.3 is 4.90 Å². The molecule has 1 fully saturated rings. The molecule has 1 atom stereocenters. The molecule has 2 aromatic rings. The van der Waals surface area contributed by atoms with Crippen molar-refractivity contribution in [2.45, 2.75) is 13.0 Å². The third-order valence-corrected chi connectivity index (χ3v) is 4.68. The van der Waals surface area contributed by atoms with E-state index in [-0.39, 0.29) is 11.9 Å². The zero-order valence-electron chi connectivity index (χ0n) is 13.3. The second-order valence-corrected chi connectivity index (χ2v) is 6.34. The number of amides is 1. The van der Waals surface area contributed by atoms with E-state index in [2.05, 4.69) is 41.3 Å². The molecule has 2 aromatic carbocycles. The molecule has 1 amide bonds. The topological polar surface area (TPSA) is 23.6 Å². The van der Waals surface area contributed by atoms with Gasteiger partial charge in [0.1, 0.15) is 0 Å². The number of hydrogen-bond donors (Lipinski definition) is 0. The number of nitrogens with zero attached hydrogens (tertiary/aromatic N) is 2. The number of carbonyl (C=O) groups excluding carboxylic acids is 1. The Kier molecular flexibility index (Phi) is 4.99. The lowest BCUT2D eigenvalue weighted by Gasteiger charge is -2.39. The Morgan fingerprint density at radius 1 is 0.913 bits per heavy atom. The summed E-state index contributed by atoms with van der Waals surface area (Å²) >= 11 is 6.04. The van der Waals surface area contributed by atoms with E-state index < -0.39 is 0 Å².